The minimum atomic E-state index is 0.581. The largest absolute Gasteiger partial charge is 0.507 e. The molecule has 0 heterocycles. The molecule has 0 unspecified atom stereocenters. The van der Waals surface area contributed by atoms with Crippen LogP contribution in [0, 0.1) is 20.8 Å². The predicted octanol–water partition coefficient (Wildman–Crippen LogP) is 7.34. The zero-order valence-electron chi connectivity index (χ0n) is 16.9. The van der Waals surface area contributed by atoms with Crippen LogP contribution in [-0.4, -0.2) is 5.11 Å². The van der Waals surface area contributed by atoms with Crippen LogP contribution in [0.3, 0.4) is 0 Å². The van der Waals surface area contributed by atoms with Gasteiger partial charge in [-0.05, 0) is 74.3 Å². The maximum Gasteiger partial charge on any atom is 0.122 e. The van der Waals surface area contributed by atoms with Crippen molar-refractivity contribution in [3.8, 4) is 5.75 Å². The van der Waals surface area contributed by atoms with E-state index in [1.807, 2.05) is 0 Å². The highest BCUT2D eigenvalue weighted by Crippen LogP contribution is 2.34. The van der Waals surface area contributed by atoms with Gasteiger partial charge in [0.15, 0.2) is 0 Å². The van der Waals surface area contributed by atoms with E-state index in [9.17, 15) is 5.11 Å². The fourth-order valence-corrected chi connectivity index (χ4v) is 3.70. The maximum absolute atomic E-state index is 10.7. The zero-order chi connectivity index (χ0) is 17.9. The van der Waals surface area contributed by atoms with Crippen molar-refractivity contribution in [1.29, 1.82) is 0 Å². The molecule has 0 saturated carbocycles. The number of benzene rings is 1. The van der Waals surface area contributed by atoms with E-state index in [0.29, 0.717) is 5.75 Å². The lowest BCUT2D eigenvalue weighted by Gasteiger charge is -2.20. The number of aromatic hydroxyl groups is 1. The van der Waals surface area contributed by atoms with Crippen LogP contribution in [0.15, 0.2) is 0 Å². The zero-order valence-corrected chi connectivity index (χ0v) is 16.9. The Morgan fingerprint density at radius 3 is 1.50 bits per heavy atom. The third-order valence-corrected chi connectivity index (χ3v) is 5.64. The minimum Gasteiger partial charge on any atom is -0.507 e. The molecule has 1 aromatic rings. The Morgan fingerprint density at radius 2 is 1.00 bits per heavy atom. The van der Waals surface area contributed by atoms with Gasteiger partial charge in [-0.2, -0.15) is 0 Å². The SMILES string of the molecule is CCCCCCCc1c(C)c(C)c(C)c(O)c1CCCCCCC. The van der Waals surface area contributed by atoms with Gasteiger partial charge in [0.2, 0.25) is 0 Å². The monoisotopic (exact) mass is 332 g/mol. The molecule has 1 aromatic carbocycles. The van der Waals surface area contributed by atoms with Crippen LogP contribution >= 0.6 is 0 Å². The molecule has 1 nitrogen and oxygen atoms in total. The molecule has 1 rings (SSSR count). The molecule has 138 valence electrons. The Balaban J connectivity index is 2.80. The van der Waals surface area contributed by atoms with Gasteiger partial charge >= 0.3 is 0 Å². The quantitative estimate of drug-likeness (QED) is 0.397. The molecular weight excluding hydrogens is 292 g/mol. The third-order valence-electron chi connectivity index (χ3n) is 5.64. The molecule has 0 aliphatic heterocycles. The van der Waals surface area contributed by atoms with E-state index < -0.39 is 0 Å². The first-order chi connectivity index (χ1) is 11.5. The lowest BCUT2D eigenvalue weighted by Crippen LogP contribution is -2.04. The van der Waals surface area contributed by atoms with Gasteiger partial charge in [-0.15, -0.1) is 0 Å². The van der Waals surface area contributed by atoms with Gasteiger partial charge in [0.25, 0.3) is 0 Å². The van der Waals surface area contributed by atoms with Crippen LogP contribution in [0.2, 0.25) is 0 Å². The average molecular weight is 333 g/mol. The first-order valence-electron chi connectivity index (χ1n) is 10.3. The van der Waals surface area contributed by atoms with Crippen molar-refractivity contribution >= 4 is 0 Å². The van der Waals surface area contributed by atoms with Crippen molar-refractivity contribution < 1.29 is 5.11 Å². The molecule has 0 bridgehead atoms. The van der Waals surface area contributed by atoms with Crippen LogP contribution in [0.4, 0.5) is 0 Å². The van der Waals surface area contributed by atoms with Crippen molar-refractivity contribution in [3.05, 3.63) is 27.8 Å². The summed E-state index contributed by atoms with van der Waals surface area (Å²) in [5.74, 6) is 0.581. The summed E-state index contributed by atoms with van der Waals surface area (Å²) in [6, 6.07) is 0. The maximum atomic E-state index is 10.7. The third kappa shape index (κ3) is 6.15. The Labute approximate surface area is 150 Å². The van der Waals surface area contributed by atoms with Crippen molar-refractivity contribution in [2.45, 2.75) is 112 Å². The fraction of sp³-hybridized carbons (Fsp3) is 0.739. The summed E-state index contributed by atoms with van der Waals surface area (Å²) in [4.78, 5) is 0. The number of phenolic OH excluding ortho intramolecular Hbond substituents is 1. The second-order valence-corrected chi connectivity index (χ2v) is 7.51. The van der Waals surface area contributed by atoms with Gasteiger partial charge < -0.3 is 5.11 Å². The molecule has 0 amide bonds. The predicted molar refractivity (Wildman–Crippen MR) is 107 cm³/mol. The highest BCUT2D eigenvalue weighted by molar-refractivity contribution is 5.54. The molecule has 0 fully saturated rings. The average Bonchev–Trinajstić information content (AvgIpc) is 2.58. The van der Waals surface area contributed by atoms with E-state index in [-0.39, 0.29) is 0 Å². The van der Waals surface area contributed by atoms with Gasteiger partial charge in [0.05, 0.1) is 0 Å². The van der Waals surface area contributed by atoms with E-state index in [0.717, 1.165) is 18.4 Å². The highest BCUT2D eigenvalue weighted by atomic mass is 16.3. The Morgan fingerprint density at radius 1 is 0.542 bits per heavy atom. The summed E-state index contributed by atoms with van der Waals surface area (Å²) in [5.41, 5.74) is 6.49. The minimum absolute atomic E-state index is 0.581. The first-order valence-corrected chi connectivity index (χ1v) is 10.3. The number of hydrogen-bond donors (Lipinski definition) is 1. The Hall–Kier alpha value is -0.980. The second-order valence-electron chi connectivity index (χ2n) is 7.51. The molecule has 0 aromatic heterocycles. The molecule has 0 saturated heterocycles. The molecule has 24 heavy (non-hydrogen) atoms. The van der Waals surface area contributed by atoms with E-state index in [1.54, 1.807) is 0 Å². The topological polar surface area (TPSA) is 20.2 Å². The molecule has 0 atom stereocenters. The van der Waals surface area contributed by atoms with E-state index in [1.165, 1.54) is 86.5 Å². The van der Waals surface area contributed by atoms with E-state index >= 15 is 0 Å². The van der Waals surface area contributed by atoms with Crippen LogP contribution in [0.1, 0.15) is 106 Å². The number of unbranched alkanes of at least 4 members (excludes halogenated alkanes) is 8. The lowest BCUT2D eigenvalue weighted by molar-refractivity contribution is 0.459. The summed E-state index contributed by atoms with van der Waals surface area (Å²) in [6.45, 7) is 11.0. The Bertz CT molecular complexity index is 443. The molecule has 0 radical (unpaired) electrons. The van der Waals surface area contributed by atoms with Crippen molar-refractivity contribution in [3.63, 3.8) is 0 Å². The number of rotatable bonds is 12. The Kier molecular flexibility index (Phi) is 10.1. The molecule has 0 aliphatic carbocycles. The normalized spacial score (nSPS) is 11.2. The lowest BCUT2D eigenvalue weighted by atomic mass is 9.87. The van der Waals surface area contributed by atoms with E-state index in [4.69, 9.17) is 0 Å². The molecule has 0 spiro atoms. The van der Waals surface area contributed by atoms with Gasteiger partial charge in [0, 0.05) is 0 Å². The van der Waals surface area contributed by atoms with Gasteiger partial charge in [-0.1, -0.05) is 65.2 Å². The highest BCUT2D eigenvalue weighted by Gasteiger charge is 2.16. The molecule has 1 heteroatoms. The van der Waals surface area contributed by atoms with Crippen LogP contribution in [0.25, 0.3) is 0 Å². The second kappa shape index (κ2) is 11.6. The van der Waals surface area contributed by atoms with Crippen LogP contribution in [-0.2, 0) is 12.8 Å². The summed E-state index contributed by atoms with van der Waals surface area (Å²) in [6.07, 6.45) is 15.2. The first kappa shape index (κ1) is 21.1. The van der Waals surface area contributed by atoms with E-state index in [2.05, 4.69) is 34.6 Å². The summed E-state index contributed by atoms with van der Waals surface area (Å²) >= 11 is 0. The molecule has 1 N–H and O–H groups in total. The van der Waals surface area contributed by atoms with Gasteiger partial charge in [-0.3, -0.25) is 0 Å². The number of hydrogen-bond acceptors (Lipinski definition) is 1. The molecule has 0 aliphatic rings. The summed E-state index contributed by atoms with van der Waals surface area (Å²) in [5, 5.41) is 10.7. The fourth-order valence-electron chi connectivity index (χ4n) is 3.70. The van der Waals surface area contributed by atoms with Gasteiger partial charge in [-0.25, -0.2) is 0 Å². The number of phenols is 1. The summed E-state index contributed by atoms with van der Waals surface area (Å²) < 4.78 is 0. The van der Waals surface area contributed by atoms with Crippen LogP contribution < -0.4 is 0 Å². The van der Waals surface area contributed by atoms with Crippen molar-refractivity contribution in [2.24, 2.45) is 0 Å². The van der Waals surface area contributed by atoms with Crippen molar-refractivity contribution in [1.82, 2.24) is 0 Å². The van der Waals surface area contributed by atoms with Crippen molar-refractivity contribution in [2.75, 3.05) is 0 Å². The standard InChI is InChI=1S/C23H40O/c1-6-8-10-12-14-16-21-19(4)18(3)20(5)23(24)22(21)17-15-13-11-9-7-2/h24H,6-17H2,1-5H3. The van der Waals surface area contributed by atoms with Gasteiger partial charge in [0.1, 0.15) is 5.75 Å². The summed E-state index contributed by atoms with van der Waals surface area (Å²) in [7, 11) is 0. The smallest absolute Gasteiger partial charge is 0.122 e. The van der Waals surface area contributed by atoms with Crippen LogP contribution in [0.5, 0.6) is 5.75 Å². The molecular formula is C23H40O.